The minimum atomic E-state index is 0.745. The van der Waals surface area contributed by atoms with E-state index in [1.807, 2.05) is 13.1 Å². The van der Waals surface area contributed by atoms with Gasteiger partial charge in [0.2, 0.25) is 0 Å². The molecule has 0 atom stereocenters. The van der Waals surface area contributed by atoms with Crippen molar-refractivity contribution in [2.45, 2.75) is 34.2 Å². The molecule has 132 valence electrons. The quantitative estimate of drug-likeness (QED) is 0.611. The number of fused-ring (bicyclic) bond motifs is 1. The second-order valence-corrected chi connectivity index (χ2v) is 6.63. The van der Waals surface area contributed by atoms with Gasteiger partial charge in [0.15, 0.2) is 5.65 Å². The summed E-state index contributed by atoms with van der Waals surface area (Å²) < 4.78 is 2.10. The molecule has 0 bridgehead atoms. The summed E-state index contributed by atoms with van der Waals surface area (Å²) in [6.07, 6.45) is 5.38. The zero-order chi connectivity index (χ0) is 18.3. The molecule has 1 N–H and O–H groups in total. The van der Waals surface area contributed by atoms with Crippen LogP contribution in [-0.4, -0.2) is 24.4 Å². The number of nitrogens with zero attached hydrogens (tertiary/aromatic N) is 5. The largest absolute Gasteiger partial charge is 0.378 e. The number of hydrogen-bond acceptors (Lipinski definition) is 4. The highest BCUT2D eigenvalue weighted by molar-refractivity contribution is 5.71. The molecule has 6 heteroatoms. The van der Waals surface area contributed by atoms with Crippen molar-refractivity contribution in [3.05, 3.63) is 70.9 Å². The standard InChI is InChI=1S/C20H22N6/c1-13-6-5-7-14(2)18(13)11-21-19-10-17(26-22-8-9-23-26)12-25-16(4)15(3)24-20(19)25/h5-10,12,21H,11H2,1-4H3. The van der Waals surface area contributed by atoms with Gasteiger partial charge in [-0.2, -0.15) is 15.0 Å². The molecule has 6 nitrogen and oxygen atoms in total. The van der Waals surface area contributed by atoms with Crippen molar-refractivity contribution in [3.8, 4) is 5.69 Å². The molecule has 26 heavy (non-hydrogen) atoms. The first-order valence-corrected chi connectivity index (χ1v) is 8.69. The van der Waals surface area contributed by atoms with Gasteiger partial charge in [-0.25, -0.2) is 4.98 Å². The maximum absolute atomic E-state index is 4.74. The van der Waals surface area contributed by atoms with Crippen LogP contribution in [-0.2, 0) is 6.54 Å². The molecule has 0 amide bonds. The summed E-state index contributed by atoms with van der Waals surface area (Å²) in [5, 5.41) is 12.1. The highest BCUT2D eigenvalue weighted by Crippen LogP contribution is 2.24. The topological polar surface area (TPSA) is 60.0 Å². The first kappa shape index (κ1) is 16.3. The Labute approximate surface area is 152 Å². The molecule has 0 radical (unpaired) electrons. The van der Waals surface area contributed by atoms with E-state index in [9.17, 15) is 0 Å². The van der Waals surface area contributed by atoms with Crippen molar-refractivity contribution in [1.82, 2.24) is 24.4 Å². The maximum Gasteiger partial charge on any atom is 0.160 e. The van der Waals surface area contributed by atoms with Crippen LogP contribution < -0.4 is 5.32 Å². The van der Waals surface area contributed by atoms with Crippen LogP contribution in [0.5, 0.6) is 0 Å². The van der Waals surface area contributed by atoms with Gasteiger partial charge in [-0.3, -0.25) is 0 Å². The Kier molecular flexibility index (Phi) is 3.95. The Balaban J connectivity index is 1.79. The van der Waals surface area contributed by atoms with Crippen molar-refractivity contribution in [1.29, 1.82) is 0 Å². The SMILES string of the molecule is Cc1cccc(C)c1CNc1cc(-n2nccn2)cn2c(C)c(C)nc12. The van der Waals surface area contributed by atoms with Crippen LogP contribution in [0.1, 0.15) is 28.1 Å². The Hall–Kier alpha value is -3.15. The molecule has 3 heterocycles. The fraction of sp³-hybridized carbons (Fsp3) is 0.250. The first-order chi connectivity index (χ1) is 12.5. The second-order valence-electron chi connectivity index (χ2n) is 6.63. The van der Waals surface area contributed by atoms with Gasteiger partial charge in [-0.1, -0.05) is 18.2 Å². The van der Waals surface area contributed by atoms with E-state index in [-0.39, 0.29) is 0 Å². The average molecular weight is 346 g/mol. The molecule has 0 spiro atoms. The molecule has 0 fully saturated rings. The van der Waals surface area contributed by atoms with Gasteiger partial charge in [0.05, 0.1) is 23.8 Å². The molecule has 1 aromatic carbocycles. The second kappa shape index (κ2) is 6.29. The summed E-state index contributed by atoms with van der Waals surface area (Å²) in [5.74, 6) is 0. The fourth-order valence-corrected chi connectivity index (χ4v) is 3.26. The van der Waals surface area contributed by atoms with E-state index in [4.69, 9.17) is 4.98 Å². The third-order valence-electron chi connectivity index (χ3n) is 4.93. The van der Waals surface area contributed by atoms with Crippen LogP contribution in [0.2, 0.25) is 0 Å². The number of aryl methyl sites for hydroxylation is 4. The lowest BCUT2D eigenvalue weighted by Gasteiger charge is -2.14. The predicted molar refractivity (Wildman–Crippen MR) is 103 cm³/mol. The Morgan fingerprint density at radius 1 is 1.00 bits per heavy atom. The summed E-state index contributed by atoms with van der Waals surface area (Å²) >= 11 is 0. The molecule has 0 saturated heterocycles. The maximum atomic E-state index is 4.74. The highest BCUT2D eigenvalue weighted by Gasteiger charge is 2.13. The van der Waals surface area contributed by atoms with Crippen LogP contribution in [0.25, 0.3) is 11.3 Å². The normalized spacial score (nSPS) is 11.2. The summed E-state index contributed by atoms with van der Waals surface area (Å²) in [7, 11) is 0. The molecular weight excluding hydrogens is 324 g/mol. The summed E-state index contributed by atoms with van der Waals surface area (Å²) in [4.78, 5) is 6.37. The Morgan fingerprint density at radius 3 is 2.38 bits per heavy atom. The number of anilines is 1. The lowest BCUT2D eigenvalue weighted by atomic mass is 10.0. The number of pyridine rings is 1. The number of imidazole rings is 1. The predicted octanol–water partition coefficient (Wildman–Crippen LogP) is 3.76. The van der Waals surface area contributed by atoms with Gasteiger partial charge < -0.3 is 9.72 Å². The summed E-state index contributed by atoms with van der Waals surface area (Å²) in [5.41, 5.74) is 8.80. The monoisotopic (exact) mass is 346 g/mol. The van der Waals surface area contributed by atoms with Crippen LogP contribution in [0.3, 0.4) is 0 Å². The molecular formula is C20H22N6. The molecule has 0 aliphatic rings. The molecule has 4 aromatic rings. The van der Waals surface area contributed by atoms with E-state index in [0.717, 1.165) is 35.0 Å². The van der Waals surface area contributed by atoms with Crippen LogP contribution in [0.15, 0.2) is 42.9 Å². The van der Waals surface area contributed by atoms with Crippen molar-refractivity contribution in [3.63, 3.8) is 0 Å². The Morgan fingerprint density at radius 2 is 1.69 bits per heavy atom. The van der Waals surface area contributed by atoms with Crippen molar-refractivity contribution in [2.75, 3.05) is 5.32 Å². The van der Waals surface area contributed by atoms with Gasteiger partial charge >= 0.3 is 0 Å². The number of benzene rings is 1. The van der Waals surface area contributed by atoms with E-state index in [1.54, 1.807) is 17.2 Å². The zero-order valence-corrected chi connectivity index (χ0v) is 15.5. The molecule has 0 saturated carbocycles. The molecule has 0 aliphatic heterocycles. The van der Waals surface area contributed by atoms with E-state index in [2.05, 4.69) is 65.0 Å². The third-order valence-corrected chi connectivity index (χ3v) is 4.93. The molecule has 0 unspecified atom stereocenters. The van der Waals surface area contributed by atoms with E-state index < -0.39 is 0 Å². The number of rotatable bonds is 4. The smallest absolute Gasteiger partial charge is 0.160 e. The van der Waals surface area contributed by atoms with Crippen LogP contribution in [0, 0.1) is 27.7 Å². The van der Waals surface area contributed by atoms with Crippen molar-refractivity contribution >= 4 is 11.3 Å². The van der Waals surface area contributed by atoms with E-state index >= 15 is 0 Å². The molecule has 4 rings (SSSR count). The van der Waals surface area contributed by atoms with Gasteiger partial charge in [0.25, 0.3) is 0 Å². The molecule has 3 aromatic heterocycles. The minimum Gasteiger partial charge on any atom is -0.378 e. The van der Waals surface area contributed by atoms with Gasteiger partial charge in [0, 0.05) is 18.4 Å². The number of hydrogen-bond donors (Lipinski definition) is 1. The van der Waals surface area contributed by atoms with Gasteiger partial charge in [-0.05, 0) is 50.5 Å². The minimum absolute atomic E-state index is 0.745. The molecule has 0 aliphatic carbocycles. The van der Waals surface area contributed by atoms with Crippen molar-refractivity contribution < 1.29 is 0 Å². The highest BCUT2D eigenvalue weighted by atomic mass is 15.5. The summed E-state index contributed by atoms with van der Waals surface area (Å²) in [6, 6.07) is 8.44. The first-order valence-electron chi connectivity index (χ1n) is 8.69. The Bertz CT molecular complexity index is 1060. The lowest BCUT2D eigenvalue weighted by molar-refractivity contribution is 0.746. The average Bonchev–Trinajstić information content (AvgIpc) is 3.24. The van der Waals surface area contributed by atoms with E-state index in [1.165, 1.54) is 16.7 Å². The van der Waals surface area contributed by atoms with Crippen LogP contribution in [0.4, 0.5) is 5.69 Å². The van der Waals surface area contributed by atoms with Crippen LogP contribution >= 0.6 is 0 Å². The fourth-order valence-electron chi connectivity index (χ4n) is 3.26. The van der Waals surface area contributed by atoms with E-state index in [0.29, 0.717) is 0 Å². The van der Waals surface area contributed by atoms with Crippen molar-refractivity contribution in [2.24, 2.45) is 0 Å². The number of nitrogens with one attached hydrogen (secondary N) is 1. The van der Waals surface area contributed by atoms with Gasteiger partial charge in [0.1, 0.15) is 5.69 Å². The third kappa shape index (κ3) is 2.73. The summed E-state index contributed by atoms with van der Waals surface area (Å²) in [6.45, 7) is 9.14. The zero-order valence-electron chi connectivity index (χ0n) is 15.5. The lowest BCUT2D eigenvalue weighted by Crippen LogP contribution is -2.08. The van der Waals surface area contributed by atoms with Gasteiger partial charge in [-0.15, -0.1) is 0 Å². The number of aromatic nitrogens is 5.